The number of hydrogen-bond donors (Lipinski definition) is 0. The molecule has 0 N–H and O–H groups in total. The lowest BCUT2D eigenvalue weighted by Crippen LogP contribution is -2.09. The molecule has 0 spiro atoms. The fourth-order valence-corrected chi connectivity index (χ4v) is 0.123. The van der Waals surface area contributed by atoms with E-state index >= 15 is 0 Å². The molecule has 2 atom stereocenters. The number of alkyl halides is 2. The zero-order valence-electron chi connectivity index (χ0n) is 4.62. The van der Waals surface area contributed by atoms with Crippen molar-refractivity contribution in [3.63, 3.8) is 0 Å². The van der Waals surface area contributed by atoms with Gasteiger partial charge in [0.15, 0.2) is 0 Å². The number of halogens is 2. The van der Waals surface area contributed by atoms with E-state index in [0.717, 1.165) is 0 Å². The van der Waals surface area contributed by atoms with E-state index in [1.165, 1.54) is 6.92 Å². The van der Waals surface area contributed by atoms with Gasteiger partial charge in [-0.15, -0.1) is 0 Å². The first-order valence-corrected chi connectivity index (χ1v) is 2.38. The summed E-state index contributed by atoms with van der Waals surface area (Å²) in [6.45, 7) is 2.35. The van der Waals surface area contributed by atoms with Crippen LogP contribution in [0.1, 0.15) is 13.8 Å². The summed E-state index contributed by atoms with van der Waals surface area (Å²) in [7, 11) is 0. The van der Waals surface area contributed by atoms with Crippen LogP contribution in [0.4, 0.5) is 8.78 Å². The zero-order valence-corrected chi connectivity index (χ0v) is 4.62. The van der Waals surface area contributed by atoms with Crippen LogP contribution in [0.25, 0.3) is 0 Å². The summed E-state index contributed by atoms with van der Waals surface area (Å²) in [6, 6.07) is 0. The van der Waals surface area contributed by atoms with Gasteiger partial charge in [0.1, 0.15) is 6.17 Å². The van der Waals surface area contributed by atoms with Crippen LogP contribution >= 0.6 is 0 Å². The van der Waals surface area contributed by atoms with Gasteiger partial charge in [-0.3, -0.25) is 4.39 Å². The monoisotopic (exact) mass is 108 g/mol. The van der Waals surface area contributed by atoms with E-state index in [1.54, 1.807) is 6.92 Å². The van der Waals surface area contributed by atoms with E-state index in [9.17, 15) is 8.78 Å². The van der Waals surface area contributed by atoms with Crippen molar-refractivity contribution in [2.45, 2.75) is 20.0 Å². The second-order valence-corrected chi connectivity index (χ2v) is 1.81. The molecule has 0 heterocycles. The van der Waals surface area contributed by atoms with Crippen molar-refractivity contribution in [2.24, 2.45) is 5.92 Å². The van der Waals surface area contributed by atoms with Crippen molar-refractivity contribution in [2.75, 3.05) is 6.67 Å². The minimum Gasteiger partial charge on any atom is -0.251 e. The molecule has 0 bridgehead atoms. The summed E-state index contributed by atoms with van der Waals surface area (Å²) in [4.78, 5) is 0. The molecule has 0 nitrogen and oxygen atoms in total. The minimum atomic E-state index is -1.01. The maximum atomic E-state index is 11.9. The Bertz CT molecular complexity index is 43.3. The van der Waals surface area contributed by atoms with Crippen molar-refractivity contribution < 1.29 is 8.78 Å². The standard InChI is InChI=1S/C5H10F2/c1-4(3-6)5(2)7/h4-5H,3H2,1-2H3/t4?,5-/m1/s1. The normalized spacial score (nSPS) is 18.9. The van der Waals surface area contributed by atoms with Crippen molar-refractivity contribution in [3.8, 4) is 0 Å². The Hall–Kier alpha value is -0.140. The van der Waals surface area contributed by atoms with Crippen LogP contribution in [0.5, 0.6) is 0 Å². The van der Waals surface area contributed by atoms with Crippen LogP contribution in [-0.2, 0) is 0 Å². The van der Waals surface area contributed by atoms with Gasteiger partial charge in [0.05, 0.1) is 6.67 Å². The van der Waals surface area contributed by atoms with Gasteiger partial charge in [-0.05, 0) is 6.92 Å². The van der Waals surface area contributed by atoms with Crippen LogP contribution in [0, 0.1) is 5.92 Å². The maximum absolute atomic E-state index is 11.9. The molecule has 44 valence electrons. The highest BCUT2D eigenvalue weighted by atomic mass is 19.1. The molecule has 0 aliphatic carbocycles. The van der Waals surface area contributed by atoms with Gasteiger partial charge in [0.25, 0.3) is 0 Å². The highest BCUT2D eigenvalue weighted by molar-refractivity contribution is 4.55. The van der Waals surface area contributed by atoms with Crippen LogP contribution in [0.3, 0.4) is 0 Å². The van der Waals surface area contributed by atoms with Crippen molar-refractivity contribution >= 4 is 0 Å². The third kappa shape index (κ3) is 2.54. The van der Waals surface area contributed by atoms with Gasteiger partial charge in [0, 0.05) is 5.92 Å². The number of hydrogen-bond acceptors (Lipinski definition) is 0. The first kappa shape index (κ1) is 6.86. The smallest absolute Gasteiger partial charge is 0.102 e. The topological polar surface area (TPSA) is 0 Å². The molecule has 0 amide bonds. The zero-order chi connectivity index (χ0) is 5.86. The third-order valence-corrected chi connectivity index (χ3v) is 1.03. The van der Waals surface area contributed by atoms with Crippen LogP contribution in [0.2, 0.25) is 0 Å². The molecule has 1 unspecified atom stereocenters. The van der Waals surface area contributed by atoms with Crippen LogP contribution in [-0.4, -0.2) is 12.8 Å². The van der Waals surface area contributed by atoms with E-state index in [-0.39, 0.29) is 0 Å². The first-order valence-electron chi connectivity index (χ1n) is 2.38. The molecule has 7 heavy (non-hydrogen) atoms. The van der Waals surface area contributed by atoms with Gasteiger partial charge < -0.3 is 0 Å². The summed E-state index contributed by atoms with van der Waals surface area (Å²) >= 11 is 0. The lowest BCUT2D eigenvalue weighted by Gasteiger charge is -2.04. The highest BCUT2D eigenvalue weighted by Gasteiger charge is 2.07. The Labute approximate surface area is 42.5 Å². The largest absolute Gasteiger partial charge is 0.251 e. The predicted molar refractivity (Wildman–Crippen MR) is 25.7 cm³/mol. The summed E-state index contributed by atoms with van der Waals surface area (Å²) in [5.74, 6) is -0.431. The number of rotatable bonds is 2. The molecule has 0 saturated heterocycles. The molecular weight excluding hydrogens is 98.1 g/mol. The van der Waals surface area contributed by atoms with Gasteiger partial charge in [-0.1, -0.05) is 6.92 Å². The Balaban J connectivity index is 3.14. The lowest BCUT2D eigenvalue weighted by atomic mass is 10.1. The summed E-state index contributed by atoms with van der Waals surface area (Å²) in [5, 5.41) is 0. The highest BCUT2D eigenvalue weighted by Crippen LogP contribution is 2.05. The quantitative estimate of drug-likeness (QED) is 0.507. The van der Waals surface area contributed by atoms with E-state index in [4.69, 9.17) is 0 Å². The summed E-state index contributed by atoms with van der Waals surface area (Å²) in [6.07, 6.45) is -1.01. The molecule has 0 radical (unpaired) electrons. The Morgan fingerprint density at radius 3 is 1.86 bits per heavy atom. The van der Waals surface area contributed by atoms with Crippen molar-refractivity contribution in [1.82, 2.24) is 0 Å². The molecule has 0 aromatic heterocycles. The van der Waals surface area contributed by atoms with E-state index in [2.05, 4.69) is 0 Å². The van der Waals surface area contributed by atoms with Gasteiger partial charge in [-0.25, -0.2) is 4.39 Å². The van der Waals surface area contributed by atoms with Crippen LogP contribution in [0.15, 0.2) is 0 Å². The van der Waals surface area contributed by atoms with E-state index in [1.807, 2.05) is 0 Å². The van der Waals surface area contributed by atoms with Gasteiger partial charge >= 0.3 is 0 Å². The van der Waals surface area contributed by atoms with Crippen molar-refractivity contribution in [3.05, 3.63) is 0 Å². The molecule has 0 aliphatic heterocycles. The van der Waals surface area contributed by atoms with Gasteiger partial charge in [0.2, 0.25) is 0 Å². The molecular formula is C5H10F2. The van der Waals surface area contributed by atoms with E-state index in [0.29, 0.717) is 0 Å². The fraction of sp³-hybridized carbons (Fsp3) is 1.00. The molecule has 0 fully saturated rings. The molecule has 0 aromatic carbocycles. The van der Waals surface area contributed by atoms with Crippen molar-refractivity contribution in [1.29, 1.82) is 0 Å². The van der Waals surface area contributed by atoms with Crippen LogP contribution < -0.4 is 0 Å². The second-order valence-electron chi connectivity index (χ2n) is 1.81. The second kappa shape index (κ2) is 2.94. The minimum absolute atomic E-state index is 0.431. The molecule has 0 aliphatic rings. The average molecular weight is 108 g/mol. The Morgan fingerprint density at radius 1 is 1.43 bits per heavy atom. The molecule has 0 saturated carbocycles. The third-order valence-electron chi connectivity index (χ3n) is 1.03. The molecule has 0 rings (SSSR count). The Kier molecular flexibility index (Phi) is 2.88. The molecule has 2 heteroatoms. The molecule has 0 aromatic rings. The van der Waals surface area contributed by atoms with Gasteiger partial charge in [-0.2, -0.15) is 0 Å². The average Bonchev–Trinajstić information content (AvgIpc) is 1.65. The SMILES string of the molecule is CC(CF)[C@@H](C)F. The summed E-state index contributed by atoms with van der Waals surface area (Å²) in [5.41, 5.74) is 0. The predicted octanol–water partition coefficient (Wildman–Crippen LogP) is 1.95. The summed E-state index contributed by atoms with van der Waals surface area (Å²) < 4.78 is 23.3. The lowest BCUT2D eigenvalue weighted by molar-refractivity contribution is 0.223. The van der Waals surface area contributed by atoms with E-state index < -0.39 is 18.8 Å². The Morgan fingerprint density at radius 2 is 1.86 bits per heavy atom. The first-order chi connectivity index (χ1) is 3.18. The maximum Gasteiger partial charge on any atom is 0.102 e. The fourth-order valence-electron chi connectivity index (χ4n) is 0.123.